The van der Waals surface area contributed by atoms with Crippen molar-refractivity contribution in [1.29, 1.82) is 0 Å². The SMILES string of the molecule is CCC(Br)CCNNS(=O)(=O)c1c(C)cc(C)cc1C. The van der Waals surface area contributed by atoms with Crippen LogP contribution in [0, 0.1) is 20.8 Å². The first kappa shape index (κ1) is 17.6. The summed E-state index contributed by atoms with van der Waals surface area (Å²) >= 11 is 3.52. The smallest absolute Gasteiger partial charge is 0.244 e. The fraction of sp³-hybridized carbons (Fsp3) is 0.571. The van der Waals surface area contributed by atoms with Crippen molar-refractivity contribution in [2.24, 2.45) is 0 Å². The molecule has 0 aliphatic heterocycles. The van der Waals surface area contributed by atoms with Crippen LogP contribution < -0.4 is 10.3 Å². The Morgan fingerprint density at radius 1 is 1.20 bits per heavy atom. The van der Waals surface area contributed by atoms with Crippen molar-refractivity contribution in [3.8, 4) is 0 Å². The van der Waals surface area contributed by atoms with Crippen molar-refractivity contribution in [3.05, 3.63) is 28.8 Å². The van der Waals surface area contributed by atoms with Crippen molar-refractivity contribution in [3.63, 3.8) is 0 Å². The lowest BCUT2D eigenvalue weighted by atomic mass is 10.1. The molecule has 114 valence electrons. The number of nitrogens with one attached hydrogen (secondary N) is 2. The maximum absolute atomic E-state index is 12.3. The van der Waals surface area contributed by atoms with Crippen molar-refractivity contribution < 1.29 is 8.42 Å². The van der Waals surface area contributed by atoms with Gasteiger partial charge in [0.2, 0.25) is 0 Å². The van der Waals surface area contributed by atoms with E-state index in [-0.39, 0.29) is 0 Å². The van der Waals surface area contributed by atoms with Gasteiger partial charge in [-0.25, -0.2) is 13.8 Å². The molecule has 1 aromatic rings. The summed E-state index contributed by atoms with van der Waals surface area (Å²) in [5, 5.41) is 0. The van der Waals surface area contributed by atoms with Crippen LogP contribution in [0.4, 0.5) is 0 Å². The highest BCUT2D eigenvalue weighted by Gasteiger charge is 2.19. The van der Waals surface area contributed by atoms with Gasteiger partial charge in [0.25, 0.3) is 10.0 Å². The van der Waals surface area contributed by atoms with E-state index in [1.54, 1.807) is 0 Å². The quantitative estimate of drug-likeness (QED) is 0.445. The molecular formula is C14H23BrN2O2S. The Balaban J connectivity index is 2.75. The van der Waals surface area contributed by atoms with E-state index in [0.29, 0.717) is 16.3 Å². The first-order valence-electron chi connectivity index (χ1n) is 6.74. The van der Waals surface area contributed by atoms with Gasteiger partial charge in [-0.2, -0.15) is 0 Å². The number of aryl methyl sites for hydroxylation is 3. The van der Waals surface area contributed by atoms with Crippen LogP contribution in [0.15, 0.2) is 17.0 Å². The normalized spacial score (nSPS) is 13.4. The highest BCUT2D eigenvalue weighted by Crippen LogP contribution is 2.21. The molecule has 1 atom stereocenters. The molecule has 6 heteroatoms. The van der Waals surface area contributed by atoms with E-state index in [2.05, 4.69) is 33.1 Å². The van der Waals surface area contributed by atoms with E-state index in [1.165, 1.54) is 0 Å². The van der Waals surface area contributed by atoms with Gasteiger partial charge < -0.3 is 0 Å². The fourth-order valence-electron chi connectivity index (χ4n) is 2.22. The van der Waals surface area contributed by atoms with E-state index in [4.69, 9.17) is 0 Å². The minimum atomic E-state index is -3.52. The lowest BCUT2D eigenvalue weighted by Gasteiger charge is -2.14. The molecule has 0 heterocycles. The van der Waals surface area contributed by atoms with E-state index in [0.717, 1.165) is 29.5 Å². The first-order chi connectivity index (χ1) is 9.27. The Kier molecular flexibility index (Phi) is 6.64. The van der Waals surface area contributed by atoms with Crippen LogP contribution in [0.5, 0.6) is 0 Å². The van der Waals surface area contributed by atoms with Crippen LogP contribution in [0.3, 0.4) is 0 Å². The summed E-state index contributed by atoms with van der Waals surface area (Å²) in [5.74, 6) is 0. The van der Waals surface area contributed by atoms with E-state index in [1.807, 2.05) is 32.9 Å². The van der Waals surface area contributed by atoms with Crippen molar-refractivity contribution in [1.82, 2.24) is 10.3 Å². The van der Waals surface area contributed by atoms with Crippen LogP contribution in [0.25, 0.3) is 0 Å². The summed E-state index contributed by atoms with van der Waals surface area (Å²) in [6.45, 7) is 8.28. The topological polar surface area (TPSA) is 58.2 Å². The van der Waals surface area contributed by atoms with Crippen LogP contribution in [0.2, 0.25) is 0 Å². The van der Waals surface area contributed by atoms with Gasteiger partial charge in [-0.05, 0) is 44.7 Å². The predicted molar refractivity (Wildman–Crippen MR) is 86.6 cm³/mol. The number of hydrogen-bond acceptors (Lipinski definition) is 3. The second kappa shape index (κ2) is 7.54. The van der Waals surface area contributed by atoms with Gasteiger partial charge in [-0.15, -0.1) is 4.83 Å². The van der Waals surface area contributed by atoms with Gasteiger partial charge in [-0.3, -0.25) is 0 Å². The molecular weight excluding hydrogens is 340 g/mol. The zero-order chi connectivity index (χ0) is 15.3. The summed E-state index contributed by atoms with van der Waals surface area (Å²) < 4.78 is 24.6. The molecule has 0 spiro atoms. The molecule has 20 heavy (non-hydrogen) atoms. The number of halogens is 1. The monoisotopic (exact) mass is 362 g/mol. The Bertz CT molecular complexity index is 535. The molecule has 0 saturated heterocycles. The lowest BCUT2D eigenvalue weighted by Crippen LogP contribution is -2.39. The largest absolute Gasteiger partial charge is 0.253 e. The molecule has 0 fully saturated rings. The second-order valence-corrected chi connectivity index (χ2v) is 7.97. The average molecular weight is 363 g/mol. The minimum absolute atomic E-state index is 0.362. The summed E-state index contributed by atoms with van der Waals surface area (Å²) in [6, 6.07) is 3.76. The van der Waals surface area contributed by atoms with Crippen molar-refractivity contribution in [2.45, 2.75) is 50.3 Å². The van der Waals surface area contributed by atoms with Crippen molar-refractivity contribution >= 4 is 26.0 Å². The van der Waals surface area contributed by atoms with E-state index in [9.17, 15) is 8.42 Å². The van der Waals surface area contributed by atoms with Crippen LogP contribution >= 0.6 is 15.9 Å². The molecule has 0 aliphatic carbocycles. The fourth-order valence-corrected chi connectivity index (χ4v) is 3.81. The van der Waals surface area contributed by atoms with Gasteiger partial charge in [0.1, 0.15) is 0 Å². The van der Waals surface area contributed by atoms with Gasteiger partial charge in [0.15, 0.2) is 0 Å². The Hall–Kier alpha value is -0.430. The maximum atomic E-state index is 12.3. The molecule has 0 saturated carbocycles. The molecule has 1 unspecified atom stereocenters. The van der Waals surface area contributed by atoms with Crippen LogP contribution in [-0.2, 0) is 10.0 Å². The predicted octanol–water partition coefficient (Wildman–Crippen LogP) is 2.96. The summed E-state index contributed by atoms with van der Waals surface area (Å²) in [6.07, 6.45) is 1.88. The Morgan fingerprint density at radius 3 is 2.25 bits per heavy atom. The van der Waals surface area contributed by atoms with Crippen molar-refractivity contribution in [2.75, 3.05) is 6.54 Å². The summed E-state index contributed by atoms with van der Waals surface area (Å²) in [4.78, 5) is 3.22. The number of hydrogen-bond donors (Lipinski definition) is 2. The number of alkyl halides is 1. The Morgan fingerprint density at radius 2 is 1.75 bits per heavy atom. The second-order valence-electron chi connectivity index (χ2n) is 5.05. The summed E-state index contributed by atoms with van der Waals surface area (Å²) in [7, 11) is -3.52. The first-order valence-corrected chi connectivity index (χ1v) is 9.14. The van der Waals surface area contributed by atoms with Gasteiger partial charge >= 0.3 is 0 Å². The maximum Gasteiger partial charge on any atom is 0.253 e. The van der Waals surface area contributed by atoms with Gasteiger partial charge in [-0.1, -0.05) is 40.5 Å². The number of sulfonamides is 1. The number of hydrazine groups is 1. The van der Waals surface area contributed by atoms with Gasteiger partial charge in [0.05, 0.1) is 4.90 Å². The third-order valence-corrected chi connectivity index (χ3v) is 5.81. The molecule has 2 N–H and O–H groups in total. The molecule has 0 aromatic heterocycles. The van der Waals surface area contributed by atoms with E-state index >= 15 is 0 Å². The number of rotatable bonds is 7. The third kappa shape index (κ3) is 4.84. The molecule has 0 bridgehead atoms. The highest BCUT2D eigenvalue weighted by atomic mass is 79.9. The molecule has 0 radical (unpaired) electrons. The highest BCUT2D eigenvalue weighted by molar-refractivity contribution is 9.09. The molecule has 0 aliphatic rings. The zero-order valence-electron chi connectivity index (χ0n) is 12.5. The summed E-state index contributed by atoms with van der Waals surface area (Å²) in [5.41, 5.74) is 5.39. The molecule has 1 aromatic carbocycles. The van der Waals surface area contributed by atoms with Crippen LogP contribution in [0.1, 0.15) is 36.5 Å². The van der Waals surface area contributed by atoms with Gasteiger partial charge in [0, 0.05) is 11.4 Å². The Labute approximate surface area is 130 Å². The average Bonchev–Trinajstić information content (AvgIpc) is 2.32. The van der Waals surface area contributed by atoms with E-state index < -0.39 is 10.0 Å². The van der Waals surface area contributed by atoms with Crippen LogP contribution in [-0.4, -0.2) is 19.8 Å². The molecule has 0 amide bonds. The molecule has 4 nitrogen and oxygen atoms in total. The minimum Gasteiger partial charge on any atom is -0.244 e. The molecule has 1 rings (SSSR count). The number of benzene rings is 1. The standard InChI is InChI=1S/C14H23BrN2O2S/c1-5-13(15)6-7-16-17-20(18,19)14-11(3)8-10(2)9-12(14)4/h8-9,13,16-17H,5-7H2,1-4H3. The zero-order valence-corrected chi connectivity index (χ0v) is 14.9. The lowest BCUT2D eigenvalue weighted by molar-refractivity contribution is 0.545. The third-order valence-electron chi connectivity index (χ3n) is 3.11.